The van der Waals surface area contributed by atoms with E-state index in [0.717, 1.165) is 21.3 Å². The number of amides is 1. The summed E-state index contributed by atoms with van der Waals surface area (Å²) in [6.07, 6.45) is 1.82. The molecule has 0 radical (unpaired) electrons. The summed E-state index contributed by atoms with van der Waals surface area (Å²) in [5.41, 5.74) is 4.17. The highest BCUT2D eigenvalue weighted by atomic mass is 32.1. The summed E-state index contributed by atoms with van der Waals surface area (Å²) in [4.78, 5) is 19.5. The first kappa shape index (κ1) is 16.5. The Hall–Kier alpha value is -2.99. The molecular weight excluding hydrogens is 344 g/mol. The topological polar surface area (TPSA) is 48.8 Å². The molecule has 1 aromatic heterocycles. The van der Waals surface area contributed by atoms with Crippen molar-refractivity contribution in [2.75, 3.05) is 19.1 Å². The fourth-order valence-corrected chi connectivity index (χ4v) is 3.79. The summed E-state index contributed by atoms with van der Waals surface area (Å²) in [5, 5.41) is 6.63. The monoisotopic (exact) mass is 362 g/mol. The molecule has 0 saturated carbocycles. The van der Waals surface area contributed by atoms with Crippen LogP contribution in [0.5, 0.6) is 0 Å². The van der Waals surface area contributed by atoms with Gasteiger partial charge in [-0.1, -0.05) is 47.2 Å². The van der Waals surface area contributed by atoms with Gasteiger partial charge in [0.05, 0.1) is 15.8 Å². The number of anilines is 1. The number of benzene rings is 2. The fourth-order valence-electron chi connectivity index (χ4n) is 2.88. The van der Waals surface area contributed by atoms with Crippen LogP contribution in [0.4, 0.5) is 5.13 Å². The van der Waals surface area contributed by atoms with Crippen LogP contribution in [0.3, 0.4) is 0 Å². The number of hydrazone groups is 1. The molecular formula is C20H18N4OS. The minimum atomic E-state index is -0.158. The third-order valence-corrected chi connectivity index (χ3v) is 5.03. The molecule has 0 spiro atoms. The summed E-state index contributed by atoms with van der Waals surface area (Å²) in [6.45, 7) is 2.03. The molecule has 2 heterocycles. The van der Waals surface area contributed by atoms with Crippen LogP contribution in [0, 0.1) is 6.92 Å². The maximum absolute atomic E-state index is 13.1. The average molecular weight is 362 g/mol. The van der Waals surface area contributed by atoms with E-state index in [1.165, 1.54) is 16.3 Å². The first-order valence-corrected chi connectivity index (χ1v) is 9.09. The van der Waals surface area contributed by atoms with Crippen LogP contribution in [0.25, 0.3) is 10.2 Å². The minimum absolute atomic E-state index is 0.158. The SMILES string of the molecule is Cc1cccc(C2=NN(c3nc4ccccc4s3)C(=O)/C2=C/N(C)C)c1. The van der Waals surface area contributed by atoms with E-state index in [-0.39, 0.29) is 5.91 Å². The van der Waals surface area contributed by atoms with E-state index in [1.54, 1.807) is 0 Å². The molecule has 5 nitrogen and oxygen atoms in total. The molecule has 130 valence electrons. The van der Waals surface area contributed by atoms with Gasteiger partial charge in [0.1, 0.15) is 5.71 Å². The highest BCUT2D eigenvalue weighted by Crippen LogP contribution is 2.33. The molecule has 0 fully saturated rings. The fraction of sp³-hybridized carbons (Fsp3) is 0.150. The van der Waals surface area contributed by atoms with Crippen LogP contribution in [0.1, 0.15) is 11.1 Å². The number of carbonyl (C=O) groups is 1. The van der Waals surface area contributed by atoms with Crippen molar-refractivity contribution in [1.82, 2.24) is 9.88 Å². The van der Waals surface area contributed by atoms with Gasteiger partial charge in [0.15, 0.2) is 0 Å². The molecule has 6 heteroatoms. The Morgan fingerprint density at radius 3 is 2.65 bits per heavy atom. The van der Waals surface area contributed by atoms with Gasteiger partial charge in [-0.2, -0.15) is 10.1 Å². The Balaban J connectivity index is 1.84. The van der Waals surface area contributed by atoms with Crippen LogP contribution < -0.4 is 5.01 Å². The number of fused-ring (bicyclic) bond motifs is 1. The van der Waals surface area contributed by atoms with Gasteiger partial charge in [0.2, 0.25) is 5.13 Å². The van der Waals surface area contributed by atoms with Crippen LogP contribution >= 0.6 is 11.3 Å². The second-order valence-corrected chi connectivity index (χ2v) is 7.41. The maximum Gasteiger partial charge on any atom is 0.284 e. The first-order valence-electron chi connectivity index (χ1n) is 8.27. The lowest BCUT2D eigenvalue weighted by molar-refractivity contribution is -0.114. The van der Waals surface area contributed by atoms with Gasteiger partial charge in [-0.3, -0.25) is 4.79 Å². The van der Waals surface area contributed by atoms with E-state index in [4.69, 9.17) is 0 Å². The molecule has 0 atom stereocenters. The third-order valence-electron chi connectivity index (χ3n) is 4.02. The quantitative estimate of drug-likeness (QED) is 0.666. The lowest BCUT2D eigenvalue weighted by atomic mass is 10.0. The second kappa shape index (κ2) is 6.38. The Morgan fingerprint density at radius 1 is 1.12 bits per heavy atom. The zero-order valence-electron chi connectivity index (χ0n) is 14.8. The number of hydrogen-bond acceptors (Lipinski definition) is 5. The number of nitrogens with zero attached hydrogens (tertiary/aromatic N) is 4. The summed E-state index contributed by atoms with van der Waals surface area (Å²) < 4.78 is 1.03. The zero-order valence-corrected chi connectivity index (χ0v) is 15.6. The molecule has 0 aliphatic carbocycles. The molecule has 4 rings (SSSR count). The molecule has 0 saturated heterocycles. The highest BCUT2D eigenvalue weighted by Gasteiger charge is 2.34. The van der Waals surface area contributed by atoms with Crippen LogP contribution in [-0.2, 0) is 4.79 Å². The van der Waals surface area contributed by atoms with Crippen molar-refractivity contribution in [1.29, 1.82) is 0 Å². The van der Waals surface area contributed by atoms with E-state index in [1.807, 2.05) is 80.6 Å². The average Bonchev–Trinajstić information content (AvgIpc) is 3.16. The smallest absolute Gasteiger partial charge is 0.284 e. The van der Waals surface area contributed by atoms with Crippen molar-refractivity contribution in [2.45, 2.75) is 6.92 Å². The minimum Gasteiger partial charge on any atom is -0.383 e. The summed E-state index contributed by atoms with van der Waals surface area (Å²) in [6, 6.07) is 15.9. The van der Waals surface area contributed by atoms with E-state index in [0.29, 0.717) is 16.4 Å². The predicted octanol–water partition coefficient (Wildman–Crippen LogP) is 3.80. The Labute approximate surface area is 155 Å². The number of thiazole rings is 1. The Morgan fingerprint density at radius 2 is 1.92 bits per heavy atom. The standard InChI is InChI=1S/C20H18N4OS/c1-13-7-6-8-14(11-13)18-15(12-23(2)3)19(25)24(22-18)20-21-16-9-4-5-10-17(16)26-20/h4-12H,1-3H3/b15-12+. The van der Waals surface area contributed by atoms with Gasteiger partial charge in [-0.05, 0) is 25.1 Å². The number of para-hydroxylation sites is 1. The van der Waals surface area contributed by atoms with Crippen molar-refractivity contribution in [3.63, 3.8) is 0 Å². The van der Waals surface area contributed by atoms with Crippen molar-refractivity contribution >= 4 is 38.3 Å². The first-order chi connectivity index (χ1) is 12.5. The molecule has 26 heavy (non-hydrogen) atoms. The van der Waals surface area contributed by atoms with Crippen molar-refractivity contribution < 1.29 is 4.79 Å². The van der Waals surface area contributed by atoms with Crippen molar-refractivity contribution in [2.24, 2.45) is 5.10 Å². The molecule has 3 aromatic rings. The Kier molecular flexibility index (Phi) is 4.05. The predicted molar refractivity (Wildman–Crippen MR) is 107 cm³/mol. The highest BCUT2D eigenvalue weighted by molar-refractivity contribution is 7.22. The summed E-state index contributed by atoms with van der Waals surface area (Å²) in [7, 11) is 3.79. The van der Waals surface area contributed by atoms with Gasteiger partial charge in [0.25, 0.3) is 5.91 Å². The lowest BCUT2D eigenvalue weighted by Crippen LogP contribution is -2.22. The lowest BCUT2D eigenvalue weighted by Gasteiger charge is -2.09. The number of aryl methyl sites for hydroxylation is 1. The van der Waals surface area contributed by atoms with Crippen LogP contribution in [0.2, 0.25) is 0 Å². The van der Waals surface area contributed by atoms with Gasteiger partial charge < -0.3 is 4.90 Å². The number of hydrogen-bond donors (Lipinski definition) is 0. The van der Waals surface area contributed by atoms with E-state index in [9.17, 15) is 4.79 Å². The molecule has 0 N–H and O–H groups in total. The molecule has 1 aliphatic heterocycles. The van der Waals surface area contributed by atoms with Gasteiger partial charge in [0, 0.05) is 25.9 Å². The zero-order chi connectivity index (χ0) is 18.3. The molecule has 1 aliphatic rings. The van der Waals surface area contributed by atoms with Gasteiger partial charge in [-0.15, -0.1) is 0 Å². The maximum atomic E-state index is 13.1. The van der Waals surface area contributed by atoms with Crippen LogP contribution in [-0.4, -0.2) is 35.6 Å². The van der Waals surface area contributed by atoms with Gasteiger partial charge in [-0.25, -0.2) is 4.98 Å². The summed E-state index contributed by atoms with van der Waals surface area (Å²) >= 11 is 1.47. The van der Waals surface area contributed by atoms with Gasteiger partial charge >= 0.3 is 0 Å². The van der Waals surface area contributed by atoms with E-state index in [2.05, 4.69) is 10.1 Å². The van der Waals surface area contributed by atoms with Crippen molar-refractivity contribution in [3.8, 4) is 0 Å². The molecule has 0 unspecified atom stereocenters. The Bertz CT molecular complexity index is 1030. The number of carbonyl (C=O) groups excluding carboxylic acids is 1. The second-order valence-electron chi connectivity index (χ2n) is 6.41. The van der Waals surface area contributed by atoms with E-state index >= 15 is 0 Å². The molecule has 2 aromatic carbocycles. The number of aromatic nitrogens is 1. The largest absolute Gasteiger partial charge is 0.383 e. The normalized spacial score (nSPS) is 15.8. The third kappa shape index (κ3) is 2.88. The van der Waals surface area contributed by atoms with Crippen molar-refractivity contribution in [3.05, 3.63) is 71.4 Å². The summed E-state index contributed by atoms with van der Waals surface area (Å²) in [5.74, 6) is -0.158. The van der Waals surface area contributed by atoms with E-state index < -0.39 is 0 Å². The number of rotatable bonds is 3. The molecule has 0 bridgehead atoms. The molecule has 1 amide bonds. The van der Waals surface area contributed by atoms with Crippen LogP contribution in [0.15, 0.2) is 65.4 Å².